The summed E-state index contributed by atoms with van der Waals surface area (Å²) < 4.78 is 39.4. The van der Waals surface area contributed by atoms with E-state index in [1.165, 1.54) is 0 Å². The maximum atomic E-state index is 12.1. The van der Waals surface area contributed by atoms with Crippen LogP contribution in [0.25, 0.3) is 0 Å². The quantitative estimate of drug-likeness (QED) is 0.0823. The average molecular weight is 790 g/mol. The van der Waals surface area contributed by atoms with Crippen LogP contribution < -0.4 is 16.0 Å². The Hall–Kier alpha value is -2.31. The van der Waals surface area contributed by atoms with E-state index in [2.05, 4.69) is 16.0 Å². The molecule has 4 aliphatic heterocycles. The van der Waals surface area contributed by atoms with Crippen molar-refractivity contribution in [2.45, 2.75) is 143 Å². The van der Waals surface area contributed by atoms with Gasteiger partial charge in [0.25, 0.3) is 0 Å². The van der Waals surface area contributed by atoms with Crippen LogP contribution in [0.2, 0.25) is 0 Å². The number of rotatable bonds is 13. The minimum absolute atomic E-state index is 0.645. The summed E-state index contributed by atoms with van der Waals surface area (Å²) in [6.45, 7) is 0.136. The molecule has 4 fully saturated rings. The van der Waals surface area contributed by atoms with Crippen molar-refractivity contribution in [3.8, 4) is 0 Å². The second-order valence-electron chi connectivity index (χ2n) is 13.4. The molecule has 4 aliphatic rings. The van der Waals surface area contributed by atoms with Crippen molar-refractivity contribution >= 4 is 17.7 Å². The molecular weight excluding hydrogens is 738 g/mol. The topological polar surface area (TPSA) is 374 Å². The van der Waals surface area contributed by atoms with Crippen LogP contribution in [0.4, 0.5) is 0 Å². The molecule has 24 nitrogen and oxygen atoms in total. The van der Waals surface area contributed by atoms with Crippen LogP contribution in [0.15, 0.2) is 0 Å². The third-order valence-corrected chi connectivity index (χ3v) is 9.39. The molecule has 24 heteroatoms. The van der Waals surface area contributed by atoms with Gasteiger partial charge < -0.3 is 105 Å². The summed E-state index contributed by atoms with van der Waals surface area (Å²) >= 11 is 0. The predicted molar refractivity (Wildman–Crippen MR) is 169 cm³/mol. The number of nitrogens with one attached hydrogen (secondary N) is 3. The van der Waals surface area contributed by atoms with E-state index in [-0.39, 0.29) is 0 Å². The highest BCUT2D eigenvalue weighted by Crippen LogP contribution is 2.33. The highest BCUT2D eigenvalue weighted by atomic mass is 16.7. The van der Waals surface area contributed by atoms with E-state index in [1.807, 2.05) is 0 Å². The number of ether oxygens (including phenoxy) is 7. The van der Waals surface area contributed by atoms with Crippen LogP contribution in [0.3, 0.4) is 0 Å². The smallest absolute Gasteiger partial charge is 0.217 e. The van der Waals surface area contributed by atoms with E-state index >= 15 is 0 Å². The number of aliphatic hydroxyl groups is 11. The van der Waals surface area contributed by atoms with Gasteiger partial charge in [-0.1, -0.05) is 0 Å². The molecule has 2 unspecified atom stereocenters. The van der Waals surface area contributed by atoms with Crippen molar-refractivity contribution in [1.29, 1.82) is 0 Å². The average Bonchev–Trinajstić information content (AvgIpc) is 3.11. The zero-order valence-corrected chi connectivity index (χ0v) is 29.4. The van der Waals surface area contributed by atoms with E-state index in [9.17, 15) is 70.6 Å². The number of hydrogen-bond donors (Lipinski definition) is 14. The first kappa shape index (κ1) is 44.4. The van der Waals surface area contributed by atoms with Crippen molar-refractivity contribution < 1.29 is 104 Å². The van der Waals surface area contributed by atoms with E-state index in [0.29, 0.717) is 0 Å². The van der Waals surface area contributed by atoms with Gasteiger partial charge in [-0.15, -0.1) is 0 Å². The van der Waals surface area contributed by atoms with Gasteiger partial charge in [0, 0.05) is 20.8 Å². The lowest BCUT2D eigenvalue weighted by molar-refractivity contribution is -0.366. The second kappa shape index (κ2) is 19.2. The molecule has 0 radical (unpaired) electrons. The highest BCUT2D eigenvalue weighted by molar-refractivity contribution is 5.74. The zero-order valence-electron chi connectivity index (χ0n) is 29.4. The van der Waals surface area contributed by atoms with Crippen LogP contribution in [0.5, 0.6) is 0 Å². The lowest BCUT2D eigenvalue weighted by Crippen LogP contribution is -2.69. The number of hydrogen-bond acceptors (Lipinski definition) is 21. The van der Waals surface area contributed by atoms with Crippen molar-refractivity contribution in [2.75, 3.05) is 26.4 Å². The van der Waals surface area contributed by atoms with Gasteiger partial charge in [-0.25, -0.2) is 0 Å². The zero-order chi connectivity index (χ0) is 40.2. The SMILES string of the molecule is CC(=O)N[C@H]1[C@H](OC[C@H]2OC(O)[C@H](NC(C)=O)[C@@H](OC3O[C@H](CO)[C@H](O[C@@H]4O[C@H](CO)[C@@H](O)[C@H](O)[C@H]4NC(C)=O)[C@H](O)[C@H]3O)[C@H]2O)O[C@H](CO)[C@@H](O)[C@@H]1O. The molecule has 0 bridgehead atoms. The largest absolute Gasteiger partial charge is 0.394 e. The van der Waals surface area contributed by atoms with Gasteiger partial charge in [0.1, 0.15) is 97.5 Å². The lowest BCUT2D eigenvalue weighted by atomic mass is 9.94. The van der Waals surface area contributed by atoms with Crippen LogP contribution in [0, 0.1) is 0 Å². The predicted octanol–water partition coefficient (Wildman–Crippen LogP) is -9.32. The fraction of sp³-hybridized carbons (Fsp3) is 0.900. The summed E-state index contributed by atoms with van der Waals surface area (Å²) in [5.74, 6) is -2.05. The van der Waals surface area contributed by atoms with Gasteiger partial charge in [0.15, 0.2) is 25.2 Å². The van der Waals surface area contributed by atoms with Gasteiger partial charge in [-0.2, -0.15) is 0 Å². The van der Waals surface area contributed by atoms with E-state index < -0.39 is 167 Å². The van der Waals surface area contributed by atoms with Gasteiger partial charge in [-0.3, -0.25) is 14.4 Å². The summed E-state index contributed by atoms with van der Waals surface area (Å²) in [6, 6.07) is -4.41. The second-order valence-corrected chi connectivity index (χ2v) is 13.4. The van der Waals surface area contributed by atoms with Gasteiger partial charge in [-0.05, 0) is 0 Å². The monoisotopic (exact) mass is 789 g/mol. The van der Waals surface area contributed by atoms with Gasteiger partial charge >= 0.3 is 0 Å². The first-order chi connectivity index (χ1) is 25.4. The van der Waals surface area contributed by atoms with Crippen LogP contribution in [0.1, 0.15) is 20.8 Å². The van der Waals surface area contributed by atoms with E-state index in [1.54, 1.807) is 0 Å². The number of amides is 3. The van der Waals surface area contributed by atoms with Crippen molar-refractivity contribution in [3.63, 3.8) is 0 Å². The maximum absolute atomic E-state index is 12.1. The Morgan fingerprint density at radius 3 is 1.43 bits per heavy atom. The van der Waals surface area contributed by atoms with Crippen LogP contribution >= 0.6 is 0 Å². The molecule has 3 amide bonds. The standard InChI is InChI=1S/C30H51N3O21/c1-8(37)31-15-21(43)18(40)11(4-34)50-28(15)48-7-14-20(42)26(17(27(47)49-14)33-10(3)39)54-30-24(46)23(45)25(13(6-36)52-30)53-29-16(32-9(2)38)22(44)19(41)12(5-35)51-29/h11-30,34-36,40-47H,4-7H2,1-3H3,(H,31,37)(H,32,38)(H,33,39)/t11-,12-,13-,14-,15-,16-,17-,18-,19-,20+,21-,22-,23-,24-,25+,26-,27?,28-,29+,30?/m1/s1. The third kappa shape index (κ3) is 9.97. The van der Waals surface area contributed by atoms with Gasteiger partial charge in [0.05, 0.1) is 26.4 Å². The molecule has 0 spiro atoms. The Bertz CT molecular complexity index is 1250. The molecular formula is C30H51N3O21. The molecule has 0 saturated carbocycles. The molecule has 20 atom stereocenters. The summed E-state index contributed by atoms with van der Waals surface area (Å²) in [5.41, 5.74) is 0. The van der Waals surface area contributed by atoms with E-state index in [4.69, 9.17) is 33.2 Å². The molecule has 0 aromatic heterocycles. The van der Waals surface area contributed by atoms with Crippen molar-refractivity contribution in [3.05, 3.63) is 0 Å². The third-order valence-electron chi connectivity index (χ3n) is 9.39. The summed E-state index contributed by atoms with van der Waals surface area (Å²) in [6.07, 6.45) is -29.0. The minimum atomic E-state index is -2.07. The number of carbonyl (C=O) groups is 3. The Morgan fingerprint density at radius 1 is 0.481 bits per heavy atom. The molecule has 54 heavy (non-hydrogen) atoms. The normalized spacial score (nSPS) is 45.7. The van der Waals surface area contributed by atoms with E-state index in [0.717, 1.165) is 20.8 Å². The van der Waals surface area contributed by atoms with Crippen LogP contribution in [-0.2, 0) is 47.5 Å². The van der Waals surface area contributed by atoms with Crippen molar-refractivity contribution in [1.82, 2.24) is 16.0 Å². The summed E-state index contributed by atoms with van der Waals surface area (Å²) in [7, 11) is 0. The Kier molecular flexibility index (Phi) is 15.8. The molecule has 312 valence electrons. The Morgan fingerprint density at radius 2 is 0.926 bits per heavy atom. The summed E-state index contributed by atoms with van der Waals surface area (Å²) in [5, 5.41) is 123. The molecule has 0 aliphatic carbocycles. The van der Waals surface area contributed by atoms with Crippen LogP contribution in [-0.4, -0.2) is 223 Å². The molecule has 14 N–H and O–H groups in total. The molecule has 4 heterocycles. The van der Waals surface area contributed by atoms with Gasteiger partial charge in [0.2, 0.25) is 17.7 Å². The number of aliphatic hydroxyl groups excluding tert-OH is 11. The summed E-state index contributed by atoms with van der Waals surface area (Å²) in [4.78, 5) is 35.7. The number of carbonyl (C=O) groups excluding carboxylic acids is 3. The Balaban J connectivity index is 1.52. The molecule has 0 aromatic carbocycles. The maximum Gasteiger partial charge on any atom is 0.217 e. The molecule has 4 rings (SSSR count). The fourth-order valence-electron chi connectivity index (χ4n) is 6.65. The first-order valence-electron chi connectivity index (χ1n) is 17.1. The lowest BCUT2D eigenvalue weighted by Gasteiger charge is -2.49. The highest BCUT2D eigenvalue weighted by Gasteiger charge is 2.54. The van der Waals surface area contributed by atoms with Crippen molar-refractivity contribution in [2.24, 2.45) is 0 Å². The minimum Gasteiger partial charge on any atom is -0.394 e. The first-order valence-corrected chi connectivity index (χ1v) is 17.1. The molecule has 4 saturated heterocycles. The Labute approximate surface area is 307 Å². The fourth-order valence-corrected chi connectivity index (χ4v) is 6.65. The molecule has 0 aromatic rings.